The average molecular weight is 239 g/mol. The van der Waals surface area contributed by atoms with Gasteiger partial charge in [-0.05, 0) is 31.5 Å². The maximum Gasteiger partial charge on any atom is 0.373 e. The Morgan fingerprint density at radius 3 is 2.76 bits per heavy atom. The number of furan rings is 1. The van der Waals surface area contributed by atoms with Gasteiger partial charge in [-0.3, -0.25) is 0 Å². The highest BCUT2D eigenvalue weighted by atomic mass is 16.5. The molecule has 0 amide bonds. The number of carbonyl (C=O) groups is 1. The number of rotatable bonds is 6. The lowest BCUT2D eigenvalue weighted by molar-refractivity contribution is 0.0561. The van der Waals surface area contributed by atoms with Crippen LogP contribution in [0.2, 0.25) is 0 Å². The van der Waals surface area contributed by atoms with Crippen molar-refractivity contribution >= 4 is 5.97 Å². The van der Waals surface area contributed by atoms with Gasteiger partial charge in [0.25, 0.3) is 0 Å². The molecule has 0 saturated carbocycles. The maximum atomic E-state index is 11.3. The molecule has 0 aliphatic carbocycles. The summed E-state index contributed by atoms with van der Waals surface area (Å²) >= 11 is 0. The summed E-state index contributed by atoms with van der Waals surface area (Å²) in [5.74, 6) is 1.22. The van der Waals surface area contributed by atoms with Crippen LogP contribution in [0.3, 0.4) is 0 Å². The lowest BCUT2D eigenvalue weighted by Crippen LogP contribution is -2.18. The summed E-state index contributed by atoms with van der Waals surface area (Å²) in [6.07, 6.45) is 2.11. The summed E-state index contributed by atoms with van der Waals surface area (Å²) in [5.41, 5.74) is 0. The highest BCUT2D eigenvalue weighted by molar-refractivity contribution is 5.86. The monoisotopic (exact) mass is 239 g/mol. The Balaban J connectivity index is 2.75. The predicted octanol–water partition coefficient (Wildman–Crippen LogP) is 2.76. The van der Waals surface area contributed by atoms with E-state index >= 15 is 0 Å². The van der Waals surface area contributed by atoms with E-state index in [0.29, 0.717) is 5.92 Å². The number of ether oxygens (including phenoxy) is 1. The Hall–Kier alpha value is -1.29. The summed E-state index contributed by atoms with van der Waals surface area (Å²) in [7, 11) is 3.24. The molecule has 17 heavy (non-hydrogen) atoms. The van der Waals surface area contributed by atoms with Gasteiger partial charge in [0.15, 0.2) is 0 Å². The van der Waals surface area contributed by atoms with Gasteiger partial charge in [-0.1, -0.05) is 20.3 Å². The molecule has 1 N–H and O–H groups in total. The topological polar surface area (TPSA) is 51.5 Å². The quantitative estimate of drug-likeness (QED) is 0.775. The number of esters is 1. The number of carbonyl (C=O) groups excluding carboxylic acids is 1. The molecule has 0 saturated heterocycles. The molecule has 0 aliphatic rings. The van der Waals surface area contributed by atoms with Crippen molar-refractivity contribution < 1.29 is 13.9 Å². The van der Waals surface area contributed by atoms with Crippen LogP contribution in [0.5, 0.6) is 0 Å². The van der Waals surface area contributed by atoms with Crippen LogP contribution < -0.4 is 5.32 Å². The van der Waals surface area contributed by atoms with Crippen molar-refractivity contribution in [3.8, 4) is 0 Å². The molecule has 1 aromatic heterocycles. The van der Waals surface area contributed by atoms with Gasteiger partial charge in [0.2, 0.25) is 5.76 Å². The van der Waals surface area contributed by atoms with E-state index in [1.54, 1.807) is 6.07 Å². The van der Waals surface area contributed by atoms with Crippen LogP contribution in [0.4, 0.5) is 0 Å². The molecule has 1 aromatic rings. The van der Waals surface area contributed by atoms with Gasteiger partial charge in [0, 0.05) is 0 Å². The van der Waals surface area contributed by atoms with Crippen LogP contribution in [-0.2, 0) is 4.74 Å². The third-order valence-electron chi connectivity index (χ3n) is 3.04. The smallest absolute Gasteiger partial charge is 0.373 e. The fourth-order valence-corrected chi connectivity index (χ4v) is 1.70. The molecule has 4 nitrogen and oxygen atoms in total. The van der Waals surface area contributed by atoms with Gasteiger partial charge in [0.05, 0.1) is 13.2 Å². The Kier molecular flexibility index (Phi) is 5.22. The highest BCUT2D eigenvalue weighted by Gasteiger charge is 2.18. The molecule has 0 aromatic carbocycles. The summed E-state index contributed by atoms with van der Waals surface area (Å²) in [6.45, 7) is 4.37. The molecule has 1 heterocycles. The zero-order valence-corrected chi connectivity index (χ0v) is 10.9. The average Bonchev–Trinajstić information content (AvgIpc) is 2.83. The largest absolute Gasteiger partial charge is 0.463 e. The van der Waals surface area contributed by atoms with Gasteiger partial charge in [-0.25, -0.2) is 4.79 Å². The van der Waals surface area contributed by atoms with E-state index in [2.05, 4.69) is 23.9 Å². The van der Waals surface area contributed by atoms with Crippen molar-refractivity contribution in [1.29, 1.82) is 0 Å². The molecule has 0 spiro atoms. The second kappa shape index (κ2) is 6.45. The van der Waals surface area contributed by atoms with E-state index in [9.17, 15) is 4.79 Å². The van der Waals surface area contributed by atoms with Crippen LogP contribution in [0, 0.1) is 5.92 Å². The molecule has 0 bridgehead atoms. The van der Waals surface area contributed by atoms with Crippen molar-refractivity contribution in [3.05, 3.63) is 23.7 Å². The van der Waals surface area contributed by atoms with Crippen molar-refractivity contribution in [3.63, 3.8) is 0 Å². The number of hydrogen-bond acceptors (Lipinski definition) is 4. The lowest BCUT2D eigenvalue weighted by Gasteiger charge is -2.17. The van der Waals surface area contributed by atoms with E-state index in [1.165, 1.54) is 7.11 Å². The second-order valence-electron chi connectivity index (χ2n) is 4.28. The van der Waals surface area contributed by atoms with Crippen LogP contribution in [0.1, 0.15) is 49.0 Å². The molecular weight excluding hydrogens is 218 g/mol. The highest BCUT2D eigenvalue weighted by Crippen LogP contribution is 2.24. The van der Waals surface area contributed by atoms with E-state index in [0.717, 1.165) is 18.6 Å². The predicted molar refractivity (Wildman–Crippen MR) is 65.9 cm³/mol. The Bertz CT molecular complexity index is 359. The molecule has 2 unspecified atom stereocenters. The van der Waals surface area contributed by atoms with Gasteiger partial charge in [-0.15, -0.1) is 0 Å². The normalized spacial score (nSPS) is 14.4. The minimum absolute atomic E-state index is 0.142. The van der Waals surface area contributed by atoms with Crippen LogP contribution in [0.25, 0.3) is 0 Å². The van der Waals surface area contributed by atoms with Crippen LogP contribution in [-0.4, -0.2) is 20.1 Å². The van der Waals surface area contributed by atoms with Crippen molar-refractivity contribution in [2.24, 2.45) is 5.92 Å². The maximum absolute atomic E-state index is 11.3. The van der Waals surface area contributed by atoms with E-state index in [1.807, 2.05) is 13.1 Å². The molecule has 0 aliphatic heterocycles. The molecule has 2 atom stereocenters. The summed E-state index contributed by atoms with van der Waals surface area (Å²) in [4.78, 5) is 11.3. The SMILES string of the molecule is CCC(C)CC(NC)c1ccc(C(=O)OC)o1. The van der Waals surface area contributed by atoms with E-state index in [4.69, 9.17) is 4.42 Å². The van der Waals surface area contributed by atoms with Crippen LogP contribution >= 0.6 is 0 Å². The van der Waals surface area contributed by atoms with Crippen LogP contribution in [0.15, 0.2) is 16.5 Å². The Labute approximate surface area is 102 Å². The van der Waals surface area contributed by atoms with Crippen molar-refractivity contribution in [2.45, 2.75) is 32.7 Å². The fraction of sp³-hybridized carbons (Fsp3) is 0.615. The minimum Gasteiger partial charge on any atom is -0.463 e. The molecule has 4 heteroatoms. The minimum atomic E-state index is -0.436. The first-order valence-corrected chi connectivity index (χ1v) is 5.97. The summed E-state index contributed by atoms with van der Waals surface area (Å²) < 4.78 is 10.1. The first-order chi connectivity index (χ1) is 8.12. The van der Waals surface area contributed by atoms with E-state index in [-0.39, 0.29) is 11.8 Å². The first-order valence-electron chi connectivity index (χ1n) is 5.97. The fourth-order valence-electron chi connectivity index (χ4n) is 1.70. The van der Waals surface area contributed by atoms with Crippen molar-refractivity contribution in [2.75, 3.05) is 14.2 Å². The third-order valence-corrected chi connectivity index (χ3v) is 3.04. The molecule has 96 valence electrons. The van der Waals surface area contributed by atoms with Gasteiger partial charge in [-0.2, -0.15) is 0 Å². The molecule has 0 radical (unpaired) electrons. The zero-order chi connectivity index (χ0) is 12.8. The van der Waals surface area contributed by atoms with Gasteiger partial charge < -0.3 is 14.5 Å². The molecule has 0 fully saturated rings. The lowest BCUT2D eigenvalue weighted by atomic mass is 9.98. The zero-order valence-electron chi connectivity index (χ0n) is 10.9. The summed E-state index contributed by atoms with van der Waals surface area (Å²) in [5, 5.41) is 3.21. The molecule has 1 rings (SSSR count). The molecular formula is C13H21NO3. The van der Waals surface area contributed by atoms with Gasteiger partial charge in [0.1, 0.15) is 5.76 Å². The Morgan fingerprint density at radius 1 is 1.53 bits per heavy atom. The number of methoxy groups -OCH3 is 1. The number of hydrogen-bond donors (Lipinski definition) is 1. The Morgan fingerprint density at radius 2 is 2.24 bits per heavy atom. The third kappa shape index (κ3) is 3.60. The second-order valence-corrected chi connectivity index (χ2v) is 4.28. The van der Waals surface area contributed by atoms with Crippen molar-refractivity contribution in [1.82, 2.24) is 5.32 Å². The summed E-state index contributed by atoms with van der Waals surface area (Å²) in [6, 6.07) is 3.63. The van der Waals surface area contributed by atoms with Gasteiger partial charge >= 0.3 is 5.97 Å². The van der Waals surface area contributed by atoms with E-state index < -0.39 is 5.97 Å². The first kappa shape index (κ1) is 13.8. The number of nitrogens with one attached hydrogen (secondary N) is 1. The standard InChI is InChI=1S/C13H21NO3/c1-5-9(2)8-10(14-3)11-6-7-12(17-11)13(15)16-4/h6-7,9-10,14H,5,8H2,1-4H3.